The van der Waals surface area contributed by atoms with Crippen molar-refractivity contribution in [1.82, 2.24) is 24.6 Å². The highest BCUT2D eigenvalue weighted by atomic mass is 32.2. The monoisotopic (exact) mass is 643 g/mol. The summed E-state index contributed by atoms with van der Waals surface area (Å²) in [7, 11) is -4.19. The number of ether oxygens (including phenoxy) is 1. The summed E-state index contributed by atoms with van der Waals surface area (Å²) in [5, 5.41) is 5.58. The quantitative estimate of drug-likeness (QED) is 0.427. The van der Waals surface area contributed by atoms with Crippen molar-refractivity contribution in [3.05, 3.63) is 47.5 Å². The first-order valence-corrected chi connectivity index (χ1v) is 17.4. The van der Waals surface area contributed by atoms with E-state index in [0.717, 1.165) is 30.4 Å². The van der Waals surface area contributed by atoms with E-state index in [1.165, 1.54) is 9.21 Å². The van der Waals surface area contributed by atoms with Crippen LogP contribution in [0.4, 0.5) is 4.79 Å². The molecule has 4 amide bonds. The van der Waals surface area contributed by atoms with E-state index in [1.807, 2.05) is 36.4 Å². The van der Waals surface area contributed by atoms with Crippen LogP contribution in [0.15, 0.2) is 36.4 Å². The van der Waals surface area contributed by atoms with E-state index in [9.17, 15) is 27.6 Å². The average molecular weight is 644 g/mol. The minimum atomic E-state index is -4.19. The first-order chi connectivity index (χ1) is 21.3. The van der Waals surface area contributed by atoms with Crippen molar-refractivity contribution >= 4 is 34.0 Å². The van der Waals surface area contributed by atoms with Gasteiger partial charge in [0.2, 0.25) is 11.8 Å². The van der Waals surface area contributed by atoms with E-state index in [2.05, 4.69) is 15.4 Å². The Balaban J connectivity index is 1.33. The highest BCUT2D eigenvalue weighted by Crippen LogP contribution is 2.45. The summed E-state index contributed by atoms with van der Waals surface area (Å²) >= 11 is 0. The molecule has 3 N–H and O–H groups in total. The van der Waals surface area contributed by atoms with Gasteiger partial charge in [0.15, 0.2) is 0 Å². The number of nitrogens with one attached hydrogen (secondary N) is 3. The fraction of sp³-hybridized carbons (Fsp3) is 0.625. The van der Waals surface area contributed by atoms with E-state index in [4.69, 9.17) is 4.74 Å². The SMILES string of the molecule is CC(C)(C)OC(=O)N[C@H]1CCCCC/C=C\[C@@H]2C[C@@]2(C(=O)NS(=O)(=O)N2CCc3ccccc3C2)NC(=O)[C@@H]2CCCN2C1=O. The lowest BCUT2D eigenvalue weighted by molar-refractivity contribution is -0.141. The number of amides is 4. The van der Waals surface area contributed by atoms with Gasteiger partial charge in [-0.25, -0.2) is 9.52 Å². The van der Waals surface area contributed by atoms with Crippen LogP contribution in [0.25, 0.3) is 0 Å². The van der Waals surface area contributed by atoms with Crippen LogP contribution >= 0.6 is 0 Å². The molecule has 2 fully saturated rings. The Hall–Kier alpha value is -3.45. The van der Waals surface area contributed by atoms with Crippen molar-refractivity contribution in [2.75, 3.05) is 13.1 Å². The Bertz CT molecular complexity index is 1460. The Morgan fingerprint density at radius 1 is 1.02 bits per heavy atom. The lowest BCUT2D eigenvalue weighted by Crippen LogP contribution is -2.59. The Morgan fingerprint density at radius 3 is 2.53 bits per heavy atom. The second-order valence-corrected chi connectivity index (χ2v) is 15.2. The van der Waals surface area contributed by atoms with Crippen LogP contribution in [0.5, 0.6) is 0 Å². The normalized spacial score (nSPS) is 28.7. The number of allylic oxidation sites excluding steroid dienone is 1. The molecule has 0 aromatic heterocycles. The van der Waals surface area contributed by atoms with E-state index in [0.29, 0.717) is 38.6 Å². The van der Waals surface area contributed by atoms with Gasteiger partial charge in [0, 0.05) is 25.6 Å². The third kappa shape index (κ3) is 7.69. The maximum absolute atomic E-state index is 13.8. The molecule has 45 heavy (non-hydrogen) atoms. The number of hydrogen-bond acceptors (Lipinski definition) is 7. The average Bonchev–Trinajstić information content (AvgIpc) is 3.43. The van der Waals surface area contributed by atoms with Gasteiger partial charge in [0.05, 0.1) is 0 Å². The molecule has 246 valence electrons. The molecule has 0 bridgehead atoms. The fourth-order valence-corrected chi connectivity index (χ4v) is 7.68. The zero-order chi connectivity index (χ0) is 32.4. The largest absolute Gasteiger partial charge is 0.444 e. The van der Waals surface area contributed by atoms with Gasteiger partial charge in [-0.2, -0.15) is 12.7 Å². The van der Waals surface area contributed by atoms with E-state index < -0.39 is 51.3 Å². The molecule has 0 unspecified atom stereocenters. The Labute approximate surface area is 265 Å². The molecule has 4 aliphatic rings. The van der Waals surface area contributed by atoms with Crippen LogP contribution in [0, 0.1) is 5.92 Å². The van der Waals surface area contributed by atoms with Crippen LogP contribution in [-0.2, 0) is 42.3 Å². The van der Waals surface area contributed by atoms with Crippen LogP contribution in [-0.4, -0.2) is 77.8 Å². The number of fused-ring (bicyclic) bond motifs is 3. The molecular weight excluding hydrogens is 598 g/mol. The minimum absolute atomic E-state index is 0.152. The molecule has 3 aliphatic heterocycles. The van der Waals surface area contributed by atoms with Crippen molar-refractivity contribution in [2.45, 2.75) is 108 Å². The van der Waals surface area contributed by atoms with Crippen LogP contribution in [0.3, 0.4) is 0 Å². The van der Waals surface area contributed by atoms with E-state index in [1.54, 1.807) is 20.8 Å². The zero-order valence-corrected chi connectivity index (χ0v) is 27.2. The van der Waals surface area contributed by atoms with Gasteiger partial charge < -0.3 is 20.3 Å². The zero-order valence-electron chi connectivity index (χ0n) is 26.3. The number of benzene rings is 1. The molecule has 1 aliphatic carbocycles. The molecule has 12 nitrogen and oxygen atoms in total. The predicted octanol–water partition coefficient (Wildman–Crippen LogP) is 2.69. The van der Waals surface area contributed by atoms with Gasteiger partial charge in [-0.3, -0.25) is 14.4 Å². The molecule has 1 saturated carbocycles. The number of carbonyl (C=O) groups is 4. The molecule has 1 saturated heterocycles. The molecule has 5 rings (SSSR count). The fourth-order valence-electron chi connectivity index (χ4n) is 6.49. The van der Waals surface area contributed by atoms with Gasteiger partial charge in [-0.15, -0.1) is 0 Å². The number of alkyl carbamates (subject to hydrolysis) is 1. The highest BCUT2D eigenvalue weighted by molar-refractivity contribution is 7.87. The van der Waals surface area contributed by atoms with Gasteiger partial charge in [0.25, 0.3) is 5.91 Å². The maximum atomic E-state index is 13.8. The smallest absolute Gasteiger partial charge is 0.408 e. The van der Waals surface area contributed by atoms with Crippen LogP contribution in [0.2, 0.25) is 0 Å². The van der Waals surface area contributed by atoms with Crippen molar-refractivity contribution in [2.24, 2.45) is 5.92 Å². The topological polar surface area (TPSA) is 154 Å². The van der Waals surface area contributed by atoms with Gasteiger partial charge in [0.1, 0.15) is 23.2 Å². The molecular formula is C32H45N5O7S. The van der Waals surface area contributed by atoms with E-state index in [-0.39, 0.29) is 31.3 Å². The summed E-state index contributed by atoms with van der Waals surface area (Å²) in [6.45, 7) is 5.95. The van der Waals surface area contributed by atoms with Crippen molar-refractivity contribution in [3.8, 4) is 0 Å². The summed E-state index contributed by atoms with van der Waals surface area (Å²) in [5.74, 6) is -2.04. The third-order valence-corrected chi connectivity index (χ3v) is 10.4. The first kappa shape index (κ1) is 32.9. The Morgan fingerprint density at radius 2 is 1.78 bits per heavy atom. The predicted molar refractivity (Wildman–Crippen MR) is 167 cm³/mol. The van der Waals surface area contributed by atoms with Crippen LogP contribution < -0.4 is 15.4 Å². The summed E-state index contributed by atoms with van der Waals surface area (Å²) < 4.78 is 35.7. The van der Waals surface area contributed by atoms with Gasteiger partial charge >= 0.3 is 16.3 Å². The maximum Gasteiger partial charge on any atom is 0.408 e. The summed E-state index contributed by atoms with van der Waals surface area (Å²) in [4.78, 5) is 55.4. The molecule has 1 aromatic carbocycles. The van der Waals surface area contributed by atoms with Gasteiger partial charge in [-0.05, 0) is 76.8 Å². The second-order valence-electron chi connectivity index (χ2n) is 13.5. The van der Waals surface area contributed by atoms with Crippen molar-refractivity contribution < 1.29 is 32.3 Å². The Kier molecular flexibility index (Phi) is 9.60. The molecule has 3 heterocycles. The standard InChI is InChI=1S/C32H45N5O7S/c1-31(2,3)44-30(41)33-25-15-8-6-4-5-7-14-24-20-32(24,34-27(38)26-16-11-18-37(26)28(25)39)29(40)35-45(42,43)36-19-17-22-12-9-10-13-23(22)21-36/h7,9-10,12-14,24-26H,4-6,8,11,15-21H2,1-3H3,(H,33,41)(H,34,38)(H,35,40)/b14-7-/t24-,25+,26+,32-/m1/s1. The lowest BCUT2D eigenvalue weighted by Gasteiger charge is -2.31. The molecule has 4 atom stereocenters. The molecule has 0 radical (unpaired) electrons. The molecule has 1 aromatic rings. The second kappa shape index (κ2) is 13.1. The number of nitrogens with zero attached hydrogens (tertiary/aromatic N) is 2. The minimum Gasteiger partial charge on any atom is -0.444 e. The highest BCUT2D eigenvalue weighted by Gasteiger charge is 2.61. The number of carbonyl (C=O) groups excluding carboxylic acids is 4. The summed E-state index contributed by atoms with van der Waals surface area (Å²) in [6.07, 6.45) is 8.38. The third-order valence-electron chi connectivity index (χ3n) is 8.98. The summed E-state index contributed by atoms with van der Waals surface area (Å²) in [6, 6.07) is 5.90. The number of hydrogen-bond donors (Lipinski definition) is 3. The van der Waals surface area contributed by atoms with E-state index >= 15 is 0 Å². The first-order valence-electron chi connectivity index (χ1n) is 16.0. The van der Waals surface area contributed by atoms with Crippen molar-refractivity contribution in [3.63, 3.8) is 0 Å². The van der Waals surface area contributed by atoms with Gasteiger partial charge in [-0.1, -0.05) is 49.3 Å². The lowest BCUT2D eigenvalue weighted by atomic mass is 10.0. The molecule has 13 heteroatoms. The molecule has 0 spiro atoms. The summed E-state index contributed by atoms with van der Waals surface area (Å²) in [5.41, 5.74) is -0.217. The number of rotatable bonds is 4. The van der Waals surface area contributed by atoms with Crippen molar-refractivity contribution in [1.29, 1.82) is 0 Å². The van der Waals surface area contributed by atoms with Crippen LogP contribution in [0.1, 0.15) is 83.3 Å².